The minimum absolute atomic E-state index is 0.480. The van der Waals surface area contributed by atoms with Crippen molar-refractivity contribution in [2.45, 2.75) is 6.42 Å². The zero-order chi connectivity index (χ0) is 10.8. The fourth-order valence-corrected chi connectivity index (χ4v) is 1.80. The largest absolute Gasteiger partial charge is 0.385 e. The van der Waals surface area contributed by atoms with Crippen LogP contribution in [0.1, 0.15) is 5.82 Å². The van der Waals surface area contributed by atoms with E-state index >= 15 is 0 Å². The first kappa shape index (κ1) is 10.3. The molecule has 2 N–H and O–H groups in total. The molecule has 5 heteroatoms. The van der Waals surface area contributed by atoms with Crippen molar-refractivity contribution in [1.82, 2.24) is 9.38 Å². The molecule has 0 saturated heterocycles. The SMILES string of the molecule is COCCc1nc(Cl)c2cccc(N)n12. The predicted molar refractivity (Wildman–Crippen MR) is 60.2 cm³/mol. The fraction of sp³-hybridized carbons (Fsp3) is 0.300. The summed E-state index contributed by atoms with van der Waals surface area (Å²) in [5, 5.41) is 0.480. The van der Waals surface area contributed by atoms with Gasteiger partial charge in [0.2, 0.25) is 0 Å². The van der Waals surface area contributed by atoms with Crippen molar-refractivity contribution in [3.05, 3.63) is 29.2 Å². The minimum atomic E-state index is 0.480. The standard InChI is InChI=1S/C10H12ClN3O/c1-15-6-5-9-13-10(11)7-3-2-4-8(12)14(7)9/h2-4H,5-6,12H2,1H3. The molecule has 2 aromatic heterocycles. The maximum atomic E-state index is 6.00. The Morgan fingerprint density at radius 2 is 2.33 bits per heavy atom. The first-order valence-corrected chi connectivity index (χ1v) is 5.02. The number of rotatable bonds is 3. The summed E-state index contributed by atoms with van der Waals surface area (Å²) in [6.45, 7) is 0.601. The highest BCUT2D eigenvalue weighted by molar-refractivity contribution is 6.32. The Labute approximate surface area is 92.6 Å². The van der Waals surface area contributed by atoms with Crippen LogP contribution in [0.2, 0.25) is 5.15 Å². The average Bonchev–Trinajstić information content (AvgIpc) is 2.55. The van der Waals surface area contributed by atoms with Crippen LogP contribution >= 0.6 is 11.6 Å². The molecule has 0 bridgehead atoms. The highest BCUT2D eigenvalue weighted by atomic mass is 35.5. The Balaban J connectivity index is 2.54. The molecule has 2 aromatic rings. The summed E-state index contributed by atoms with van der Waals surface area (Å²) in [6.07, 6.45) is 0.693. The van der Waals surface area contributed by atoms with Gasteiger partial charge in [-0.3, -0.25) is 4.40 Å². The third-order valence-corrected chi connectivity index (χ3v) is 2.52. The van der Waals surface area contributed by atoms with Gasteiger partial charge >= 0.3 is 0 Å². The van der Waals surface area contributed by atoms with Gasteiger partial charge in [0, 0.05) is 13.5 Å². The molecule has 0 amide bonds. The molecule has 0 atom stereocenters. The van der Waals surface area contributed by atoms with Crippen LogP contribution in [0.4, 0.5) is 5.82 Å². The second-order valence-corrected chi connectivity index (χ2v) is 3.59. The number of nitrogen functional groups attached to an aromatic ring is 1. The lowest BCUT2D eigenvalue weighted by Gasteiger charge is -2.03. The van der Waals surface area contributed by atoms with E-state index in [0.717, 1.165) is 11.3 Å². The Morgan fingerprint density at radius 3 is 3.07 bits per heavy atom. The molecule has 0 aromatic carbocycles. The predicted octanol–water partition coefficient (Wildman–Crippen LogP) is 1.76. The third-order valence-electron chi connectivity index (χ3n) is 2.25. The number of aromatic nitrogens is 2. The van der Waals surface area contributed by atoms with Gasteiger partial charge < -0.3 is 10.5 Å². The maximum Gasteiger partial charge on any atom is 0.155 e. The molecular weight excluding hydrogens is 214 g/mol. The number of hydrogen-bond donors (Lipinski definition) is 1. The first-order valence-electron chi connectivity index (χ1n) is 4.64. The Hall–Kier alpha value is -1.26. The quantitative estimate of drug-likeness (QED) is 0.866. The lowest BCUT2D eigenvalue weighted by molar-refractivity contribution is 0.200. The Morgan fingerprint density at radius 1 is 1.53 bits per heavy atom. The zero-order valence-corrected chi connectivity index (χ0v) is 9.16. The third kappa shape index (κ3) is 1.78. The molecule has 2 heterocycles. The van der Waals surface area contributed by atoms with Crippen molar-refractivity contribution >= 4 is 22.9 Å². The summed E-state index contributed by atoms with van der Waals surface area (Å²) in [6, 6.07) is 5.57. The molecule has 4 nitrogen and oxygen atoms in total. The molecule has 0 fully saturated rings. The molecule has 0 aliphatic rings. The van der Waals surface area contributed by atoms with E-state index in [-0.39, 0.29) is 0 Å². The number of anilines is 1. The van der Waals surface area contributed by atoms with E-state index in [1.807, 2.05) is 22.6 Å². The van der Waals surface area contributed by atoms with Crippen LogP contribution in [-0.4, -0.2) is 23.1 Å². The molecule has 80 valence electrons. The van der Waals surface area contributed by atoms with E-state index in [4.69, 9.17) is 22.1 Å². The lowest BCUT2D eigenvalue weighted by atomic mass is 10.4. The van der Waals surface area contributed by atoms with Crippen molar-refractivity contribution in [3.63, 3.8) is 0 Å². The van der Waals surface area contributed by atoms with Gasteiger partial charge in [0.05, 0.1) is 12.1 Å². The number of nitrogens with two attached hydrogens (primary N) is 1. The number of halogens is 1. The van der Waals surface area contributed by atoms with Crippen molar-refractivity contribution in [1.29, 1.82) is 0 Å². The molecule has 15 heavy (non-hydrogen) atoms. The summed E-state index contributed by atoms with van der Waals surface area (Å²) < 4.78 is 6.86. The summed E-state index contributed by atoms with van der Waals surface area (Å²) >= 11 is 6.00. The van der Waals surface area contributed by atoms with E-state index in [1.54, 1.807) is 7.11 Å². The monoisotopic (exact) mass is 225 g/mol. The van der Waals surface area contributed by atoms with Gasteiger partial charge in [-0.2, -0.15) is 0 Å². The molecule has 0 aliphatic heterocycles. The summed E-state index contributed by atoms with van der Waals surface area (Å²) in [5.74, 6) is 1.47. The highest BCUT2D eigenvalue weighted by Gasteiger charge is 2.10. The van der Waals surface area contributed by atoms with Crippen LogP contribution < -0.4 is 5.73 Å². The molecule has 0 aliphatic carbocycles. The van der Waals surface area contributed by atoms with Gasteiger partial charge in [-0.1, -0.05) is 17.7 Å². The van der Waals surface area contributed by atoms with Gasteiger partial charge in [-0.25, -0.2) is 4.98 Å². The number of ether oxygens (including phenoxy) is 1. The van der Waals surface area contributed by atoms with E-state index in [1.165, 1.54) is 0 Å². The molecule has 0 radical (unpaired) electrons. The fourth-order valence-electron chi connectivity index (χ4n) is 1.56. The van der Waals surface area contributed by atoms with Gasteiger partial charge in [0.15, 0.2) is 5.15 Å². The van der Waals surface area contributed by atoms with E-state index in [9.17, 15) is 0 Å². The number of nitrogens with zero attached hydrogens (tertiary/aromatic N) is 2. The van der Waals surface area contributed by atoms with E-state index in [0.29, 0.717) is 24.0 Å². The van der Waals surface area contributed by atoms with Crippen LogP contribution in [0.15, 0.2) is 18.2 Å². The Kier molecular flexibility index (Phi) is 2.79. The number of imidazole rings is 1. The van der Waals surface area contributed by atoms with Crippen molar-refractivity contribution in [2.75, 3.05) is 19.5 Å². The van der Waals surface area contributed by atoms with Crippen LogP contribution in [0.3, 0.4) is 0 Å². The molecular formula is C10H12ClN3O. The number of hydrogen-bond acceptors (Lipinski definition) is 3. The van der Waals surface area contributed by atoms with Crippen LogP contribution in [0.5, 0.6) is 0 Å². The average molecular weight is 226 g/mol. The van der Waals surface area contributed by atoms with Crippen molar-refractivity contribution in [2.24, 2.45) is 0 Å². The van der Waals surface area contributed by atoms with Crippen molar-refractivity contribution < 1.29 is 4.74 Å². The van der Waals surface area contributed by atoms with E-state index in [2.05, 4.69) is 4.98 Å². The number of pyridine rings is 1. The Bertz CT molecular complexity index is 481. The van der Waals surface area contributed by atoms with Gasteiger partial charge in [-0.05, 0) is 12.1 Å². The summed E-state index contributed by atoms with van der Waals surface area (Å²) in [7, 11) is 1.65. The van der Waals surface area contributed by atoms with Crippen LogP contribution in [0, 0.1) is 0 Å². The van der Waals surface area contributed by atoms with Crippen LogP contribution in [0.25, 0.3) is 5.52 Å². The van der Waals surface area contributed by atoms with Crippen LogP contribution in [-0.2, 0) is 11.2 Å². The molecule has 2 rings (SSSR count). The molecule has 0 saturated carbocycles. The molecule has 0 spiro atoms. The second kappa shape index (κ2) is 4.08. The maximum absolute atomic E-state index is 6.00. The van der Waals surface area contributed by atoms with Crippen molar-refractivity contribution in [3.8, 4) is 0 Å². The normalized spacial score (nSPS) is 11.1. The minimum Gasteiger partial charge on any atom is -0.385 e. The number of methoxy groups -OCH3 is 1. The highest BCUT2D eigenvalue weighted by Crippen LogP contribution is 2.21. The van der Waals surface area contributed by atoms with Gasteiger partial charge in [-0.15, -0.1) is 0 Å². The number of fused-ring (bicyclic) bond motifs is 1. The smallest absolute Gasteiger partial charge is 0.155 e. The topological polar surface area (TPSA) is 52.5 Å². The summed E-state index contributed by atoms with van der Waals surface area (Å²) in [4.78, 5) is 4.26. The lowest BCUT2D eigenvalue weighted by Crippen LogP contribution is -2.04. The molecule has 0 unspecified atom stereocenters. The van der Waals surface area contributed by atoms with Gasteiger partial charge in [0.25, 0.3) is 0 Å². The second-order valence-electron chi connectivity index (χ2n) is 3.23. The first-order chi connectivity index (χ1) is 7.24. The zero-order valence-electron chi connectivity index (χ0n) is 8.40. The van der Waals surface area contributed by atoms with E-state index < -0.39 is 0 Å². The summed E-state index contributed by atoms with van der Waals surface area (Å²) in [5.41, 5.74) is 6.70. The van der Waals surface area contributed by atoms with Gasteiger partial charge in [0.1, 0.15) is 11.6 Å².